The van der Waals surface area contributed by atoms with Crippen molar-refractivity contribution < 1.29 is 4.79 Å². The number of amides is 1. The topological polar surface area (TPSA) is 49.6 Å². The maximum Gasteiger partial charge on any atom is 0.237 e. The van der Waals surface area contributed by atoms with Crippen molar-refractivity contribution in [2.24, 2.45) is 11.7 Å². The van der Waals surface area contributed by atoms with Gasteiger partial charge in [-0.15, -0.1) is 13.2 Å². The van der Waals surface area contributed by atoms with E-state index in [0.29, 0.717) is 31.6 Å². The summed E-state index contributed by atoms with van der Waals surface area (Å²) in [7, 11) is 0. The first-order valence-electron chi connectivity index (χ1n) is 7.61. The second-order valence-electron chi connectivity index (χ2n) is 5.43. The van der Waals surface area contributed by atoms with Crippen LogP contribution in [0.5, 0.6) is 0 Å². The summed E-state index contributed by atoms with van der Waals surface area (Å²) in [5.74, 6) is 0.685. The fourth-order valence-corrected chi connectivity index (χ4v) is 3.10. The Morgan fingerprint density at radius 1 is 1.30 bits per heavy atom. The lowest BCUT2D eigenvalue weighted by Gasteiger charge is -2.33. The molecule has 1 fully saturated rings. The second kappa shape index (κ2) is 8.93. The Morgan fingerprint density at radius 3 is 2.45 bits per heavy atom. The molecule has 0 aromatic heterocycles. The quantitative estimate of drug-likeness (QED) is 0.653. The SMILES string of the molecule is C=CCN(CC=C)C(=O)CN(CC)C1CCCC1CN. The van der Waals surface area contributed by atoms with Crippen LogP contribution in [0.1, 0.15) is 26.2 Å². The van der Waals surface area contributed by atoms with Crippen molar-refractivity contribution in [3.63, 3.8) is 0 Å². The third-order valence-electron chi connectivity index (χ3n) is 4.19. The van der Waals surface area contributed by atoms with Gasteiger partial charge in [-0.05, 0) is 31.8 Å². The molecule has 114 valence electrons. The second-order valence-corrected chi connectivity index (χ2v) is 5.43. The number of carbonyl (C=O) groups is 1. The lowest BCUT2D eigenvalue weighted by Crippen LogP contribution is -2.47. The first-order chi connectivity index (χ1) is 9.67. The van der Waals surface area contributed by atoms with Crippen molar-refractivity contribution >= 4 is 5.91 Å². The molecule has 0 aliphatic heterocycles. The van der Waals surface area contributed by atoms with Crippen LogP contribution >= 0.6 is 0 Å². The van der Waals surface area contributed by atoms with Crippen molar-refractivity contribution in [2.75, 3.05) is 32.7 Å². The summed E-state index contributed by atoms with van der Waals surface area (Å²) in [6, 6.07) is 0.461. The largest absolute Gasteiger partial charge is 0.334 e. The minimum Gasteiger partial charge on any atom is -0.334 e. The Bertz CT molecular complexity index is 320. The molecule has 1 aliphatic carbocycles. The summed E-state index contributed by atoms with van der Waals surface area (Å²) >= 11 is 0. The summed E-state index contributed by atoms with van der Waals surface area (Å²) < 4.78 is 0. The van der Waals surface area contributed by atoms with Crippen LogP contribution in [0.15, 0.2) is 25.3 Å². The van der Waals surface area contributed by atoms with E-state index >= 15 is 0 Å². The molecule has 4 nitrogen and oxygen atoms in total. The van der Waals surface area contributed by atoms with Gasteiger partial charge in [-0.3, -0.25) is 9.69 Å². The number of rotatable bonds is 9. The van der Waals surface area contributed by atoms with E-state index < -0.39 is 0 Å². The van der Waals surface area contributed by atoms with Gasteiger partial charge in [-0.1, -0.05) is 25.5 Å². The molecule has 0 aromatic rings. The van der Waals surface area contributed by atoms with Crippen molar-refractivity contribution in [1.82, 2.24) is 9.80 Å². The lowest BCUT2D eigenvalue weighted by atomic mass is 10.0. The number of nitrogens with two attached hydrogens (primary N) is 1. The van der Waals surface area contributed by atoms with E-state index in [9.17, 15) is 4.79 Å². The summed E-state index contributed by atoms with van der Waals surface area (Å²) in [5.41, 5.74) is 5.85. The highest BCUT2D eigenvalue weighted by molar-refractivity contribution is 5.78. The van der Waals surface area contributed by atoms with Crippen molar-refractivity contribution in [2.45, 2.75) is 32.2 Å². The van der Waals surface area contributed by atoms with Gasteiger partial charge in [0, 0.05) is 19.1 Å². The third kappa shape index (κ3) is 4.46. The highest BCUT2D eigenvalue weighted by Crippen LogP contribution is 2.29. The zero-order valence-electron chi connectivity index (χ0n) is 12.8. The van der Waals surface area contributed by atoms with E-state index in [1.54, 1.807) is 17.1 Å². The zero-order chi connectivity index (χ0) is 15.0. The molecule has 4 heteroatoms. The average molecular weight is 279 g/mol. The van der Waals surface area contributed by atoms with E-state index in [-0.39, 0.29) is 5.91 Å². The molecule has 1 rings (SSSR count). The van der Waals surface area contributed by atoms with Crippen LogP contribution < -0.4 is 5.73 Å². The third-order valence-corrected chi connectivity index (χ3v) is 4.19. The molecule has 0 heterocycles. The van der Waals surface area contributed by atoms with E-state index in [1.807, 2.05) is 0 Å². The van der Waals surface area contributed by atoms with Gasteiger partial charge in [0.05, 0.1) is 6.54 Å². The number of hydrogen-bond donors (Lipinski definition) is 1. The van der Waals surface area contributed by atoms with Crippen LogP contribution in [0.25, 0.3) is 0 Å². The van der Waals surface area contributed by atoms with Crippen molar-refractivity contribution in [3.8, 4) is 0 Å². The van der Waals surface area contributed by atoms with E-state index in [0.717, 1.165) is 19.5 Å². The first-order valence-corrected chi connectivity index (χ1v) is 7.61. The molecule has 2 unspecified atom stereocenters. The first kappa shape index (κ1) is 16.9. The number of hydrogen-bond acceptors (Lipinski definition) is 3. The Kier molecular flexibility index (Phi) is 7.55. The number of nitrogens with zero attached hydrogens (tertiary/aromatic N) is 2. The molecule has 0 aromatic carbocycles. The van der Waals surface area contributed by atoms with E-state index in [1.165, 1.54) is 12.8 Å². The fourth-order valence-electron chi connectivity index (χ4n) is 3.10. The van der Waals surface area contributed by atoms with Crippen molar-refractivity contribution in [3.05, 3.63) is 25.3 Å². The Morgan fingerprint density at radius 2 is 1.95 bits per heavy atom. The average Bonchev–Trinajstić information content (AvgIpc) is 2.92. The molecule has 1 amide bonds. The number of likely N-dealkylation sites (N-methyl/N-ethyl adjacent to an activating group) is 1. The molecule has 20 heavy (non-hydrogen) atoms. The maximum atomic E-state index is 12.4. The minimum absolute atomic E-state index is 0.148. The predicted molar refractivity (Wildman–Crippen MR) is 84.4 cm³/mol. The molecule has 1 aliphatic rings. The summed E-state index contributed by atoms with van der Waals surface area (Å²) in [6.45, 7) is 12.8. The Balaban J connectivity index is 2.63. The van der Waals surface area contributed by atoms with Gasteiger partial charge in [0.15, 0.2) is 0 Å². The molecule has 0 bridgehead atoms. The van der Waals surface area contributed by atoms with Gasteiger partial charge in [0.25, 0.3) is 0 Å². The maximum absolute atomic E-state index is 12.4. The highest BCUT2D eigenvalue weighted by Gasteiger charge is 2.31. The molecular weight excluding hydrogens is 250 g/mol. The van der Waals surface area contributed by atoms with Crippen molar-refractivity contribution in [1.29, 1.82) is 0 Å². The molecule has 0 spiro atoms. The molecule has 1 saturated carbocycles. The fraction of sp³-hybridized carbons (Fsp3) is 0.688. The molecule has 2 atom stereocenters. The van der Waals surface area contributed by atoms with Crippen LogP contribution in [-0.4, -0.2) is 54.5 Å². The van der Waals surface area contributed by atoms with E-state index in [4.69, 9.17) is 5.73 Å². The van der Waals surface area contributed by atoms with Gasteiger partial charge >= 0.3 is 0 Å². The van der Waals surface area contributed by atoms with Gasteiger partial charge < -0.3 is 10.6 Å². The van der Waals surface area contributed by atoms with Gasteiger partial charge in [-0.2, -0.15) is 0 Å². The van der Waals surface area contributed by atoms with Crippen LogP contribution in [0.2, 0.25) is 0 Å². The summed E-state index contributed by atoms with van der Waals surface area (Å²) in [6.07, 6.45) is 7.09. The normalized spacial score (nSPS) is 21.9. The van der Waals surface area contributed by atoms with Gasteiger partial charge in [-0.25, -0.2) is 0 Å². The summed E-state index contributed by atoms with van der Waals surface area (Å²) in [4.78, 5) is 16.5. The Labute approximate surface area is 123 Å². The monoisotopic (exact) mass is 279 g/mol. The van der Waals surface area contributed by atoms with Crippen LogP contribution in [0, 0.1) is 5.92 Å². The lowest BCUT2D eigenvalue weighted by molar-refractivity contribution is -0.132. The van der Waals surface area contributed by atoms with Crippen LogP contribution in [0.4, 0.5) is 0 Å². The zero-order valence-corrected chi connectivity index (χ0v) is 12.8. The van der Waals surface area contributed by atoms with Crippen LogP contribution in [0.3, 0.4) is 0 Å². The number of carbonyl (C=O) groups excluding carboxylic acids is 1. The molecule has 0 saturated heterocycles. The minimum atomic E-state index is 0.148. The van der Waals surface area contributed by atoms with Crippen LogP contribution in [-0.2, 0) is 4.79 Å². The predicted octanol–water partition coefficient (Wildman–Crippen LogP) is 1.64. The van der Waals surface area contributed by atoms with Gasteiger partial charge in [0.2, 0.25) is 5.91 Å². The Hall–Kier alpha value is -1.13. The molecule has 2 N–H and O–H groups in total. The summed E-state index contributed by atoms with van der Waals surface area (Å²) in [5, 5.41) is 0. The standard InChI is InChI=1S/C16H29N3O/c1-4-10-19(11-5-2)16(20)13-18(6-3)15-9-7-8-14(15)12-17/h4-5,14-15H,1-2,6-13,17H2,3H3. The smallest absolute Gasteiger partial charge is 0.237 e. The van der Waals surface area contributed by atoms with E-state index in [2.05, 4.69) is 25.0 Å². The molecule has 0 radical (unpaired) electrons. The highest BCUT2D eigenvalue weighted by atomic mass is 16.2. The van der Waals surface area contributed by atoms with Gasteiger partial charge in [0.1, 0.15) is 0 Å². The molecular formula is C16H29N3O.